The van der Waals surface area contributed by atoms with Crippen molar-refractivity contribution in [3.05, 3.63) is 80.7 Å². The lowest BCUT2D eigenvalue weighted by molar-refractivity contribution is -0.142. The Balaban J connectivity index is 1.57. The van der Waals surface area contributed by atoms with Crippen LogP contribution in [0, 0.1) is 5.41 Å². The number of nitrogens with one attached hydrogen (secondary N) is 2. The average molecular weight is 607 g/mol. The summed E-state index contributed by atoms with van der Waals surface area (Å²) in [6.45, 7) is 5.64. The first-order valence-corrected chi connectivity index (χ1v) is 12.8. The number of carbonyl (C=O) groups excluding carboxylic acids is 3. The first kappa shape index (κ1) is 28.5. The van der Waals surface area contributed by atoms with Gasteiger partial charge in [-0.25, -0.2) is 0 Å². The van der Waals surface area contributed by atoms with Gasteiger partial charge in [0.15, 0.2) is 0 Å². The van der Waals surface area contributed by atoms with E-state index in [2.05, 4.69) is 26.6 Å². The molecule has 0 bridgehead atoms. The number of benzene rings is 3. The van der Waals surface area contributed by atoms with Crippen LogP contribution in [-0.4, -0.2) is 29.7 Å². The van der Waals surface area contributed by atoms with Gasteiger partial charge in [-0.3, -0.25) is 14.4 Å². The highest BCUT2D eigenvalue weighted by Crippen LogP contribution is 2.31. The molecule has 0 atom stereocenters. The van der Waals surface area contributed by atoms with Crippen molar-refractivity contribution in [3.8, 4) is 11.5 Å². The second-order valence-electron chi connectivity index (χ2n) is 9.33. The monoisotopic (exact) mass is 605 g/mol. The minimum Gasteiger partial charge on any atom is -0.457 e. The quantitative estimate of drug-likeness (QED) is 0.292. The third-order valence-corrected chi connectivity index (χ3v) is 6.66. The Hall–Kier alpha value is -3.07. The molecule has 3 rings (SSSR count). The maximum Gasteiger partial charge on any atom is 0.313 e. The van der Waals surface area contributed by atoms with Crippen LogP contribution in [0.1, 0.15) is 26.3 Å². The standard InChI is InChI=1S/C27H26BrCl2N3O4/c1-27(2,3)26(36)32-18-8-6-17(7-9-18)31-24(34)25(35)33(4)15-16-5-10-19(13-21(16)28)37-20-11-12-22(29)23(30)14-20/h5-14H,15H2,1-4H3,(H,31,34)(H,32,36). The van der Waals surface area contributed by atoms with Crippen molar-refractivity contribution in [1.29, 1.82) is 0 Å². The van der Waals surface area contributed by atoms with Gasteiger partial charge >= 0.3 is 11.8 Å². The summed E-state index contributed by atoms with van der Waals surface area (Å²) in [5.74, 6) is -0.510. The zero-order valence-corrected chi connectivity index (χ0v) is 23.8. The molecule has 0 radical (unpaired) electrons. The largest absolute Gasteiger partial charge is 0.457 e. The summed E-state index contributed by atoms with van der Waals surface area (Å²) < 4.78 is 6.52. The summed E-state index contributed by atoms with van der Waals surface area (Å²) in [7, 11) is 1.54. The molecular weight excluding hydrogens is 581 g/mol. The van der Waals surface area contributed by atoms with E-state index in [1.165, 1.54) is 4.90 Å². The van der Waals surface area contributed by atoms with E-state index in [-0.39, 0.29) is 12.5 Å². The number of hydrogen-bond acceptors (Lipinski definition) is 4. The van der Waals surface area contributed by atoms with Crippen LogP contribution in [0.25, 0.3) is 0 Å². The fourth-order valence-corrected chi connectivity index (χ4v) is 3.81. The highest BCUT2D eigenvalue weighted by atomic mass is 79.9. The van der Waals surface area contributed by atoms with Crippen molar-refractivity contribution in [3.63, 3.8) is 0 Å². The van der Waals surface area contributed by atoms with Gasteiger partial charge in [-0.05, 0) is 54.1 Å². The number of nitrogens with zero attached hydrogens (tertiary/aromatic N) is 1. The van der Waals surface area contributed by atoms with Crippen molar-refractivity contribution in [2.75, 3.05) is 17.7 Å². The minimum absolute atomic E-state index is 0.124. The van der Waals surface area contributed by atoms with E-state index >= 15 is 0 Å². The van der Waals surface area contributed by atoms with Crippen molar-refractivity contribution in [2.24, 2.45) is 5.41 Å². The zero-order valence-electron chi connectivity index (χ0n) is 20.7. The van der Waals surface area contributed by atoms with E-state index in [1.807, 2.05) is 20.8 Å². The number of rotatable bonds is 6. The molecule has 0 aliphatic rings. The Kier molecular flexibility index (Phi) is 9.23. The molecule has 0 aromatic heterocycles. The fraction of sp³-hybridized carbons (Fsp3) is 0.222. The molecule has 0 fully saturated rings. The van der Waals surface area contributed by atoms with Crippen molar-refractivity contribution in [1.82, 2.24) is 4.90 Å². The van der Waals surface area contributed by atoms with Gasteiger partial charge in [0.1, 0.15) is 11.5 Å². The van der Waals surface area contributed by atoms with Crippen LogP contribution in [-0.2, 0) is 20.9 Å². The summed E-state index contributed by atoms with van der Waals surface area (Å²) in [6.07, 6.45) is 0. The molecular formula is C27H26BrCl2N3O4. The van der Waals surface area contributed by atoms with E-state index < -0.39 is 17.2 Å². The van der Waals surface area contributed by atoms with Gasteiger partial charge in [0.2, 0.25) is 5.91 Å². The fourth-order valence-electron chi connectivity index (χ4n) is 3.04. The Labute approximate surface area is 234 Å². The summed E-state index contributed by atoms with van der Waals surface area (Å²) in [6, 6.07) is 16.8. The molecule has 0 saturated heterocycles. The predicted octanol–water partition coefficient (Wildman–Crippen LogP) is 7.13. The molecule has 0 heterocycles. The summed E-state index contributed by atoms with van der Waals surface area (Å²) >= 11 is 15.5. The number of carbonyl (C=O) groups is 3. The molecule has 0 saturated carbocycles. The number of hydrogen-bond donors (Lipinski definition) is 2. The molecule has 2 N–H and O–H groups in total. The Morgan fingerprint density at radius 3 is 2.00 bits per heavy atom. The Morgan fingerprint density at radius 1 is 0.865 bits per heavy atom. The molecule has 37 heavy (non-hydrogen) atoms. The van der Waals surface area contributed by atoms with Gasteiger partial charge in [0.25, 0.3) is 0 Å². The van der Waals surface area contributed by atoms with E-state index in [0.29, 0.717) is 37.4 Å². The molecule has 0 aliphatic carbocycles. The van der Waals surface area contributed by atoms with Gasteiger partial charge in [0, 0.05) is 40.9 Å². The summed E-state index contributed by atoms with van der Waals surface area (Å²) in [5.41, 5.74) is 1.28. The summed E-state index contributed by atoms with van der Waals surface area (Å²) in [4.78, 5) is 38.6. The van der Waals surface area contributed by atoms with Crippen LogP contribution in [0.3, 0.4) is 0 Å². The molecule has 0 spiro atoms. The molecule has 3 aromatic rings. The SMILES string of the molecule is CN(Cc1ccc(Oc2ccc(Cl)c(Cl)c2)cc1Br)C(=O)C(=O)Nc1ccc(NC(=O)C(C)(C)C)cc1. The average Bonchev–Trinajstić information content (AvgIpc) is 2.83. The molecule has 0 aliphatic heterocycles. The van der Waals surface area contributed by atoms with Crippen molar-refractivity contribution in [2.45, 2.75) is 27.3 Å². The van der Waals surface area contributed by atoms with Gasteiger partial charge in [0.05, 0.1) is 10.0 Å². The number of likely N-dealkylation sites (N-methyl/N-ethyl adjacent to an activating group) is 1. The predicted molar refractivity (Wildman–Crippen MR) is 150 cm³/mol. The van der Waals surface area contributed by atoms with Crippen LogP contribution < -0.4 is 15.4 Å². The van der Waals surface area contributed by atoms with Gasteiger partial charge < -0.3 is 20.3 Å². The van der Waals surface area contributed by atoms with Crippen LogP contribution in [0.2, 0.25) is 10.0 Å². The highest BCUT2D eigenvalue weighted by Gasteiger charge is 2.22. The maximum absolute atomic E-state index is 12.6. The van der Waals surface area contributed by atoms with Crippen LogP contribution in [0.15, 0.2) is 65.1 Å². The van der Waals surface area contributed by atoms with E-state index in [4.69, 9.17) is 27.9 Å². The molecule has 10 heteroatoms. The first-order chi connectivity index (χ1) is 17.3. The highest BCUT2D eigenvalue weighted by molar-refractivity contribution is 9.10. The Bertz CT molecular complexity index is 1320. The lowest BCUT2D eigenvalue weighted by atomic mass is 9.95. The zero-order chi connectivity index (χ0) is 27.3. The van der Waals surface area contributed by atoms with Crippen LogP contribution in [0.5, 0.6) is 11.5 Å². The number of amides is 3. The molecule has 3 amide bonds. The molecule has 0 unspecified atom stereocenters. The first-order valence-electron chi connectivity index (χ1n) is 11.2. The molecule has 3 aromatic carbocycles. The normalized spacial score (nSPS) is 11.0. The van der Waals surface area contributed by atoms with Crippen molar-refractivity contribution >= 4 is 68.2 Å². The van der Waals surface area contributed by atoms with E-state index in [0.717, 1.165) is 5.56 Å². The smallest absolute Gasteiger partial charge is 0.313 e. The van der Waals surface area contributed by atoms with Gasteiger partial charge in [-0.15, -0.1) is 0 Å². The van der Waals surface area contributed by atoms with Gasteiger partial charge in [-0.2, -0.15) is 0 Å². The van der Waals surface area contributed by atoms with E-state index in [1.54, 1.807) is 67.7 Å². The van der Waals surface area contributed by atoms with Crippen LogP contribution >= 0.6 is 39.1 Å². The third kappa shape index (κ3) is 7.95. The van der Waals surface area contributed by atoms with Crippen molar-refractivity contribution < 1.29 is 19.1 Å². The molecule has 194 valence electrons. The Morgan fingerprint density at radius 2 is 1.43 bits per heavy atom. The molecule has 7 nitrogen and oxygen atoms in total. The summed E-state index contributed by atoms with van der Waals surface area (Å²) in [5, 5.41) is 6.21. The number of halogens is 3. The second kappa shape index (κ2) is 12.0. The number of ether oxygens (including phenoxy) is 1. The third-order valence-electron chi connectivity index (χ3n) is 5.18. The lowest BCUT2D eigenvalue weighted by Crippen LogP contribution is -2.36. The maximum atomic E-state index is 12.6. The second-order valence-corrected chi connectivity index (χ2v) is 11.0. The van der Waals surface area contributed by atoms with Crippen LogP contribution in [0.4, 0.5) is 11.4 Å². The topological polar surface area (TPSA) is 87.7 Å². The number of anilines is 2. The minimum atomic E-state index is -0.773. The lowest BCUT2D eigenvalue weighted by Gasteiger charge is -2.19. The van der Waals surface area contributed by atoms with Gasteiger partial charge in [-0.1, -0.05) is 66.0 Å². The van der Waals surface area contributed by atoms with E-state index in [9.17, 15) is 14.4 Å².